The van der Waals surface area contributed by atoms with Crippen LogP contribution in [0.15, 0.2) is 48.5 Å². The number of aliphatic hydroxyl groups is 1. The van der Waals surface area contributed by atoms with Crippen LogP contribution >= 0.6 is 0 Å². The molecule has 3 fully saturated rings. The fourth-order valence-corrected chi connectivity index (χ4v) is 8.01. The van der Waals surface area contributed by atoms with Crippen molar-refractivity contribution >= 4 is 17.5 Å². The van der Waals surface area contributed by atoms with Crippen molar-refractivity contribution in [2.24, 2.45) is 10.8 Å². The van der Waals surface area contributed by atoms with E-state index in [0.29, 0.717) is 29.7 Å². The van der Waals surface area contributed by atoms with E-state index in [4.69, 9.17) is 14.7 Å². The van der Waals surface area contributed by atoms with E-state index < -0.39 is 6.29 Å². The zero-order valence-corrected chi connectivity index (χ0v) is 27.1. The lowest BCUT2D eigenvalue weighted by molar-refractivity contribution is -0.253. The largest absolute Gasteiger partial charge is 0.392 e. The van der Waals surface area contributed by atoms with E-state index in [9.17, 15) is 14.7 Å². The van der Waals surface area contributed by atoms with Gasteiger partial charge in [-0.1, -0.05) is 70.0 Å². The molecule has 5 atom stereocenters. The number of hydrogen-bond donors (Lipinski definition) is 4. The number of amides is 2. The second-order valence-corrected chi connectivity index (χ2v) is 14.6. The van der Waals surface area contributed by atoms with Crippen molar-refractivity contribution in [2.45, 2.75) is 116 Å². The second kappa shape index (κ2) is 14.7. The van der Waals surface area contributed by atoms with Crippen molar-refractivity contribution in [1.29, 1.82) is 0 Å². The van der Waals surface area contributed by atoms with Gasteiger partial charge >= 0.3 is 0 Å². The van der Waals surface area contributed by atoms with Crippen LogP contribution in [0, 0.1) is 10.8 Å². The standard InChI is InChI=1S/C36H51N3O6/c1-35(2)19-29-20-36(3,23-35)24-39(29)21-30-18-31(26-12-10-25(22-40)11-13-26)45-34(44-30)27-14-16-28(17-15-27)37-32(41)8-6-4-5-7-9-33(42)38-43/h10-17,29-31,34,40,43H,4-9,18-24H2,1-3H3,(H,37,41)(H,38,42)/t29?,30-,31+,34+,36?/m1/s1. The number of nitrogens with one attached hydrogen (secondary N) is 2. The van der Waals surface area contributed by atoms with Crippen molar-refractivity contribution < 1.29 is 29.4 Å². The smallest absolute Gasteiger partial charge is 0.243 e. The third kappa shape index (κ3) is 9.14. The molecule has 45 heavy (non-hydrogen) atoms. The Kier molecular flexibility index (Phi) is 11.0. The molecule has 9 heteroatoms. The third-order valence-electron chi connectivity index (χ3n) is 9.73. The Morgan fingerprint density at radius 1 is 0.889 bits per heavy atom. The van der Waals surface area contributed by atoms with Gasteiger partial charge in [0.25, 0.3) is 0 Å². The molecule has 2 aromatic rings. The lowest BCUT2D eigenvalue weighted by Gasteiger charge is -2.41. The van der Waals surface area contributed by atoms with Crippen LogP contribution in [0.3, 0.4) is 0 Å². The Bertz CT molecular complexity index is 1280. The van der Waals surface area contributed by atoms with Gasteiger partial charge in [0.1, 0.15) is 0 Å². The molecule has 2 unspecified atom stereocenters. The number of anilines is 1. The SMILES string of the molecule is CC1(C)CC2CC(C)(CN2C[C@H]2C[C@@H](c3ccc(CO)cc3)O[C@@H](c3ccc(NC(=O)CCCCCCC(=O)NO)cc3)O2)C1. The summed E-state index contributed by atoms with van der Waals surface area (Å²) in [6.07, 6.45) is 7.66. The number of carbonyl (C=O) groups excluding carboxylic acids is 2. The zero-order chi connectivity index (χ0) is 32.0. The molecule has 1 saturated carbocycles. The molecule has 0 radical (unpaired) electrons. The summed E-state index contributed by atoms with van der Waals surface area (Å²) in [7, 11) is 0. The Hall–Kier alpha value is -2.82. The van der Waals surface area contributed by atoms with Crippen LogP contribution in [0.2, 0.25) is 0 Å². The van der Waals surface area contributed by atoms with E-state index in [1.807, 2.05) is 48.5 Å². The molecule has 1 aliphatic carbocycles. The molecule has 2 aliphatic heterocycles. The molecule has 2 aromatic carbocycles. The maximum absolute atomic E-state index is 12.5. The second-order valence-electron chi connectivity index (χ2n) is 14.6. The van der Waals surface area contributed by atoms with E-state index in [0.717, 1.165) is 61.2 Å². The number of carbonyl (C=O) groups is 2. The molecule has 2 amide bonds. The van der Waals surface area contributed by atoms with Crippen LogP contribution in [0.4, 0.5) is 5.69 Å². The summed E-state index contributed by atoms with van der Waals surface area (Å²) in [6.45, 7) is 9.26. The van der Waals surface area contributed by atoms with Crippen LogP contribution in [-0.2, 0) is 25.7 Å². The predicted octanol–water partition coefficient (Wildman–Crippen LogP) is 6.41. The zero-order valence-electron chi connectivity index (χ0n) is 27.1. The number of aliphatic hydroxyl groups excluding tert-OH is 1. The fraction of sp³-hybridized carbons (Fsp3) is 0.611. The van der Waals surface area contributed by atoms with Crippen molar-refractivity contribution in [3.63, 3.8) is 0 Å². The van der Waals surface area contributed by atoms with Crippen LogP contribution in [-0.4, -0.2) is 52.3 Å². The highest BCUT2D eigenvalue weighted by molar-refractivity contribution is 5.90. The van der Waals surface area contributed by atoms with Gasteiger partial charge < -0.3 is 19.9 Å². The molecular formula is C36H51N3O6. The maximum atomic E-state index is 12.5. The first-order valence-electron chi connectivity index (χ1n) is 16.6. The summed E-state index contributed by atoms with van der Waals surface area (Å²) < 4.78 is 13.2. The average molecular weight is 622 g/mol. The predicted molar refractivity (Wildman–Crippen MR) is 172 cm³/mol. The number of ether oxygens (including phenoxy) is 2. The van der Waals surface area contributed by atoms with Gasteiger partial charge in [-0.3, -0.25) is 19.7 Å². The quantitative estimate of drug-likeness (QED) is 0.116. The average Bonchev–Trinajstić information content (AvgIpc) is 3.25. The van der Waals surface area contributed by atoms with E-state index in [2.05, 4.69) is 31.0 Å². The molecule has 2 heterocycles. The Labute approximate surface area is 267 Å². The number of likely N-dealkylation sites (tertiary alicyclic amines) is 1. The maximum Gasteiger partial charge on any atom is 0.243 e. The minimum absolute atomic E-state index is 0.00901. The lowest BCUT2D eigenvalue weighted by Crippen LogP contribution is -2.42. The Balaban J connectivity index is 1.20. The number of fused-ring (bicyclic) bond motifs is 2. The highest BCUT2D eigenvalue weighted by atomic mass is 16.7. The number of hydroxylamine groups is 1. The lowest BCUT2D eigenvalue weighted by atomic mass is 9.65. The van der Waals surface area contributed by atoms with E-state index in [1.165, 1.54) is 19.3 Å². The van der Waals surface area contributed by atoms with Gasteiger partial charge in [-0.25, -0.2) is 5.48 Å². The van der Waals surface area contributed by atoms with Crippen LogP contribution < -0.4 is 10.8 Å². The van der Waals surface area contributed by atoms with Crippen molar-refractivity contribution in [3.8, 4) is 0 Å². The van der Waals surface area contributed by atoms with E-state index >= 15 is 0 Å². The number of unbranched alkanes of at least 4 members (excludes halogenated alkanes) is 3. The molecule has 246 valence electrons. The number of nitrogens with zero attached hydrogens (tertiary/aromatic N) is 1. The summed E-state index contributed by atoms with van der Waals surface area (Å²) in [6, 6.07) is 16.3. The van der Waals surface area contributed by atoms with Crippen molar-refractivity contribution in [2.75, 3.05) is 18.4 Å². The minimum atomic E-state index is -0.530. The fourth-order valence-electron chi connectivity index (χ4n) is 8.01. The third-order valence-corrected chi connectivity index (χ3v) is 9.73. The first-order chi connectivity index (χ1) is 21.5. The summed E-state index contributed by atoms with van der Waals surface area (Å²) in [4.78, 5) is 26.3. The van der Waals surface area contributed by atoms with Gasteiger partial charge in [-0.05, 0) is 66.2 Å². The van der Waals surface area contributed by atoms with E-state index in [-0.39, 0.29) is 37.0 Å². The van der Waals surface area contributed by atoms with E-state index in [1.54, 1.807) is 5.48 Å². The Morgan fingerprint density at radius 2 is 1.56 bits per heavy atom. The molecule has 0 spiro atoms. The molecule has 3 aliphatic rings. The molecule has 9 nitrogen and oxygen atoms in total. The molecule has 5 rings (SSSR count). The monoisotopic (exact) mass is 621 g/mol. The first-order valence-corrected chi connectivity index (χ1v) is 16.6. The summed E-state index contributed by atoms with van der Waals surface area (Å²) in [5, 5.41) is 21.1. The van der Waals surface area contributed by atoms with Gasteiger partial charge in [-0.15, -0.1) is 0 Å². The highest BCUT2D eigenvalue weighted by Crippen LogP contribution is 2.53. The number of rotatable bonds is 13. The van der Waals surface area contributed by atoms with Crippen molar-refractivity contribution in [3.05, 3.63) is 65.2 Å². The first kappa shape index (κ1) is 33.5. The Morgan fingerprint density at radius 3 is 2.22 bits per heavy atom. The van der Waals surface area contributed by atoms with Gasteiger partial charge in [0.15, 0.2) is 6.29 Å². The molecule has 0 aromatic heterocycles. The van der Waals surface area contributed by atoms with Gasteiger partial charge in [0.2, 0.25) is 11.8 Å². The minimum Gasteiger partial charge on any atom is -0.392 e. The molecule has 4 N–H and O–H groups in total. The number of hydrogen-bond acceptors (Lipinski definition) is 7. The van der Waals surface area contributed by atoms with Crippen LogP contribution in [0.5, 0.6) is 0 Å². The van der Waals surface area contributed by atoms with Gasteiger partial charge in [-0.2, -0.15) is 0 Å². The molecule has 2 saturated heterocycles. The normalized spacial score (nSPS) is 27.7. The highest BCUT2D eigenvalue weighted by Gasteiger charge is 2.50. The molecular weight excluding hydrogens is 570 g/mol. The summed E-state index contributed by atoms with van der Waals surface area (Å²) in [5.74, 6) is -0.421. The van der Waals surface area contributed by atoms with Gasteiger partial charge in [0.05, 0.1) is 18.8 Å². The van der Waals surface area contributed by atoms with Crippen LogP contribution in [0.25, 0.3) is 0 Å². The topological polar surface area (TPSA) is 120 Å². The summed E-state index contributed by atoms with van der Waals surface area (Å²) in [5.41, 5.74) is 5.96. The van der Waals surface area contributed by atoms with Crippen LogP contribution in [0.1, 0.15) is 114 Å². The summed E-state index contributed by atoms with van der Waals surface area (Å²) >= 11 is 0. The van der Waals surface area contributed by atoms with Crippen molar-refractivity contribution in [1.82, 2.24) is 10.4 Å². The number of benzene rings is 2. The van der Waals surface area contributed by atoms with Gasteiger partial charge in [0, 0.05) is 49.6 Å². The molecule has 2 bridgehead atoms.